The van der Waals surface area contributed by atoms with Crippen molar-refractivity contribution in [1.82, 2.24) is 5.32 Å². The summed E-state index contributed by atoms with van der Waals surface area (Å²) in [5, 5.41) is 3.15. The van der Waals surface area contributed by atoms with E-state index in [1.165, 1.54) is 17.6 Å². The molecule has 1 unspecified atom stereocenters. The van der Waals surface area contributed by atoms with Gasteiger partial charge in [-0.3, -0.25) is 0 Å². The van der Waals surface area contributed by atoms with Gasteiger partial charge in [0.05, 0.1) is 11.8 Å². The highest BCUT2D eigenvalue weighted by Gasteiger charge is 2.19. The lowest BCUT2D eigenvalue weighted by Gasteiger charge is -2.14. The van der Waals surface area contributed by atoms with Gasteiger partial charge in [-0.25, -0.2) is 8.42 Å². The molecule has 0 aliphatic carbocycles. The average molecular weight is 347 g/mol. The molecule has 0 aliphatic heterocycles. The quantitative estimate of drug-likeness (QED) is 0.891. The van der Waals surface area contributed by atoms with E-state index in [1.807, 2.05) is 13.0 Å². The van der Waals surface area contributed by atoms with E-state index in [-0.39, 0.29) is 11.8 Å². The molecule has 3 nitrogen and oxygen atoms in total. The molecule has 1 rings (SSSR count). The highest BCUT2D eigenvalue weighted by atomic mass is 79.9. The molecule has 0 saturated heterocycles. The zero-order chi connectivity index (χ0) is 12.3. The summed E-state index contributed by atoms with van der Waals surface area (Å²) in [6.07, 6.45) is 1.24. The van der Waals surface area contributed by atoms with Crippen LogP contribution in [0.4, 0.5) is 0 Å². The van der Waals surface area contributed by atoms with Gasteiger partial charge in [0.25, 0.3) is 0 Å². The van der Waals surface area contributed by atoms with Gasteiger partial charge < -0.3 is 5.32 Å². The Bertz CT molecular complexity index is 439. The lowest BCUT2D eigenvalue weighted by Crippen LogP contribution is -2.26. The van der Waals surface area contributed by atoms with Crippen molar-refractivity contribution in [3.05, 3.63) is 19.8 Å². The second-order valence-corrected chi connectivity index (χ2v) is 8.20. The molecule has 0 spiro atoms. The van der Waals surface area contributed by atoms with Crippen molar-refractivity contribution < 1.29 is 8.42 Å². The molecule has 1 N–H and O–H groups in total. The summed E-state index contributed by atoms with van der Waals surface area (Å²) in [7, 11) is -3.01. The molecule has 0 aromatic carbocycles. The second kappa shape index (κ2) is 5.82. The second-order valence-electron chi connectivity index (χ2n) is 3.47. The summed E-state index contributed by atoms with van der Waals surface area (Å²) in [6.45, 7) is 2.66. The van der Waals surface area contributed by atoms with E-state index in [0.29, 0.717) is 10.9 Å². The summed E-state index contributed by atoms with van der Waals surface area (Å²) in [4.78, 5) is 0.934. The Kier molecular flexibility index (Phi) is 5.25. The van der Waals surface area contributed by atoms with Gasteiger partial charge in [-0.2, -0.15) is 0 Å². The number of thiophene rings is 1. The number of hydrogen-bond acceptors (Lipinski definition) is 4. The van der Waals surface area contributed by atoms with Gasteiger partial charge in [0.15, 0.2) is 0 Å². The first kappa shape index (κ1) is 14.4. The van der Waals surface area contributed by atoms with Crippen LogP contribution in [0.2, 0.25) is 4.34 Å². The van der Waals surface area contributed by atoms with Crippen LogP contribution in [0.25, 0.3) is 0 Å². The Morgan fingerprint density at radius 2 is 2.25 bits per heavy atom. The van der Waals surface area contributed by atoms with E-state index in [0.717, 1.165) is 9.35 Å². The normalized spacial score (nSPS) is 14.0. The fourth-order valence-electron chi connectivity index (χ4n) is 1.33. The molecule has 92 valence electrons. The van der Waals surface area contributed by atoms with Crippen LogP contribution >= 0.6 is 38.9 Å². The highest BCUT2D eigenvalue weighted by Crippen LogP contribution is 2.35. The minimum Gasteiger partial charge on any atom is -0.309 e. The average Bonchev–Trinajstić information content (AvgIpc) is 2.44. The van der Waals surface area contributed by atoms with Crippen molar-refractivity contribution in [2.24, 2.45) is 0 Å². The van der Waals surface area contributed by atoms with Gasteiger partial charge >= 0.3 is 0 Å². The van der Waals surface area contributed by atoms with Gasteiger partial charge in [0.2, 0.25) is 0 Å². The smallest absolute Gasteiger partial charge is 0.149 e. The topological polar surface area (TPSA) is 46.2 Å². The first-order valence-corrected chi connectivity index (χ1v) is 8.74. The van der Waals surface area contributed by atoms with Crippen molar-refractivity contribution in [1.29, 1.82) is 0 Å². The standard InChI is InChI=1S/C9H13BrClNO2S2/c1-3-12-7(5-16(2,13)14)8-4-6(10)9(11)15-8/h4,7,12H,3,5H2,1-2H3. The molecule has 0 saturated carbocycles. The van der Waals surface area contributed by atoms with Crippen LogP contribution < -0.4 is 5.32 Å². The Morgan fingerprint density at radius 1 is 1.62 bits per heavy atom. The first-order chi connectivity index (χ1) is 7.33. The SMILES string of the molecule is CCNC(CS(C)(=O)=O)c1cc(Br)c(Cl)s1. The third-order valence-electron chi connectivity index (χ3n) is 1.93. The predicted octanol–water partition coefficient (Wildman–Crippen LogP) is 2.86. The van der Waals surface area contributed by atoms with E-state index in [9.17, 15) is 8.42 Å². The number of halogens is 2. The Balaban J connectivity index is 2.93. The Labute approximate surface area is 113 Å². The minimum absolute atomic E-state index is 0.0874. The molecule has 0 radical (unpaired) electrons. The van der Waals surface area contributed by atoms with E-state index < -0.39 is 9.84 Å². The van der Waals surface area contributed by atoms with Gasteiger partial charge in [0.1, 0.15) is 14.2 Å². The lowest BCUT2D eigenvalue weighted by molar-refractivity contribution is 0.567. The summed E-state index contributed by atoms with van der Waals surface area (Å²) >= 11 is 10.7. The molecule has 0 aliphatic rings. The molecule has 0 amide bonds. The third-order valence-corrected chi connectivity index (χ3v) is 5.45. The zero-order valence-corrected chi connectivity index (χ0v) is 12.9. The monoisotopic (exact) mass is 345 g/mol. The van der Waals surface area contributed by atoms with E-state index in [2.05, 4.69) is 21.2 Å². The highest BCUT2D eigenvalue weighted by molar-refractivity contribution is 9.10. The molecule has 1 aromatic heterocycles. The maximum atomic E-state index is 11.3. The number of rotatable bonds is 5. The summed E-state index contributed by atoms with van der Waals surface area (Å²) in [6, 6.07) is 1.68. The molecule has 1 heterocycles. The first-order valence-electron chi connectivity index (χ1n) is 4.69. The molecule has 16 heavy (non-hydrogen) atoms. The summed E-state index contributed by atoms with van der Waals surface area (Å²) in [5.74, 6) is 0.0874. The van der Waals surface area contributed by atoms with Crippen molar-refractivity contribution >= 4 is 48.7 Å². The van der Waals surface area contributed by atoms with Crippen LogP contribution in [-0.4, -0.2) is 27.0 Å². The fourth-order valence-corrected chi connectivity index (χ4v) is 4.15. The maximum absolute atomic E-state index is 11.3. The zero-order valence-electron chi connectivity index (χ0n) is 8.96. The van der Waals surface area contributed by atoms with Crippen LogP contribution in [-0.2, 0) is 9.84 Å². The minimum atomic E-state index is -3.01. The molecule has 0 fully saturated rings. The van der Waals surface area contributed by atoms with Gasteiger partial charge in [-0.15, -0.1) is 11.3 Å². The van der Waals surface area contributed by atoms with Gasteiger partial charge in [-0.05, 0) is 28.5 Å². The largest absolute Gasteiger partial charge is 0.309 e. The van der Waals surface area contributed by atoms with Crippen molar-refractivity contribution in [3.63, 3.8) is 0 Å². The van der Waals surface area contributed by atoms with Crippen molar-refractivity contribution in [2.45, 2.75) is 13.0 Å². The van der Waals surface area contributed by atoms with Crippen molar-refractivity contribution in [2.75, 3.05) is 18.6 Å². The van der Waals surface area contributed by atoms with Gasteiger partial charge in [-0.1, -0.05) is 18.5 Å². The lowest BCUT2D eigenvalue weighted by atomic mass is 10.3. The number of hydrogen-bond donors (Lipinski definition) is 1. The molecule has 1 atom stereocenters. The summed E-state index contributed by atoms with van der Waals surface area (Å²) < 4.78 is 24.1. The Morgan fingerprint density at radius 3 is 2.62 bits per heavy atom. The fraction of sp³-hybridized carbons (Fsp3) is 0.556. The summed E-state index contributed by atoms with van der Waals surface area (Å²) in [5.41, 5.74) is 0. The molecular weight excluding hydrogens is 334 g/mol. The van der Waals surface area contributed by atoms with E-state index >= 15 is 0 Å². The van der Waals surface area contributed by atoms with Crippen LogP contribution in [0.15, 0.2) is 10.5 Å². The van der Waals surface area contributed by atoms with E-state index in [4.69, 9.17) is 11.6 Å². The molecule has 1 aromatic rings. The van der Waals surface area contributed by atoms with Crippen LogP contribution in [0.5, 0.6) is 0 Å². The van der Waals surface area contributed by atoms with Crippen LogP contribution in [0.1, 0.15) is 17.8 Å². The number of sulfone groups is 1. The molecule has 7 heteroatoms. The maximum Gasteiger partial charge on any atom is 0.149 e. The molecule has 0 bridgehead atoms. The molecular formula is C9H13BrClNO2S2. The Hall–Kier alpha value is 0.380. The predicted molar refractivity (Wildman–Crippen MR) is 73.2 cm³/mol. The van der Waals surface area contributed by atoms with E-state index in [1.54, 1.807) is 0 Å². The van der Waals surface area contributed by atoms with Crippen molar-refractivity contribution in [3.8, 4) is 0 Å². The van der Waals surface area contributed by atoms with Crippen LogP contribution in [0.3, 0.4) is 0 Å². The third kappa shape index (κ3) is 4.33. The van der Waals surface area contributed by atoms with Crippen LogP contribution in [0, 0.1) is 0 Å². The number of nitrogens with one attached hydrogen (secondary N) is 1. The van der Waals surface area contributed by atoms with Gasteiger partial charge in [0, 0.05) is 15.6 Å².